The maximum atomic E-state index is 15.3. The van der Waals surface area contributed by atoms with E-state index in [9.17, 15) is 10.2 Å². The van der Waals surface area contributed by atoms with E-state index in [1.807, 2.05) is 6.92 Å². The van der Waals surface area contributed by atoms with E-state index in [1.165, 1.54) is 6.20 Å². The summed E-state index contributed by atoms with van der Waals surface area (Å²) in [5, 5.41) is 27.6. The van der Waals surface area contributed by atoms with Crippen LogP contribution in [0.25, 0.3) is 21.9 Å². The molecule has 10 heteroatoms. The molecule has 1 saturated carbocycles. The minimum Gasteiger partial charge on any atom is -0.474 e. The Morgan fingerprint density at radius 3 is 2.91 bits per heavy atom. The van der Waals surface area contributed by atoms with Crippen LogP contribution in [0.4, 0.5) is 21.6 Å². The number of nitrogen functional groups attached to an aromatic ring is 1. The van der Waals surface area contributed by atoms with Gasteiger partial charge in [-0.05, 0) is 49.8 Å². The minimum atomic E-state index is -1.31. The summed E-state index contributed by atoms with van der Waals surface area (Å²) in [6.45, 7) is 4.80. The van der Waals surface area contributed by atoms with Crippen LogP contribution in [0, 0.1) is 12.7 Å². The molecule has 1 unspecified atom stereocenters. The van der Waals surface area contributed by atoms with Crippen LogP contribution in [0.5, 0.6) is 5.88 Å². The summed E-state index contributed by atoms with van der Waals surface area (Å²) in [4.78, 5) is 8.58. The highest BCUT2D eigenvalue weighted by molar-refractivity contribution is 5.98. The number of aliphatic hydroxyl groups is 2. The van der Waals surface area contributed by atoms with Crippen molar-refractivity contribution < 1.29 is 24.1 Å². The largest absolute Gasteiger partial charge is 0.474 e. The predicted octanol–water partition coefficient (Wildman–Crippen LogP) is 3.14. The third kappa shape index (κ3) is 4.20. The van der Waals surface area contributed by atoms with E-state index in [0.29, 0.717) is 66.0 Å². The number of fused-ring (bicyclic) bond motifs is 2. The summed E-state index contributed by atoms with van der Waals surface area (Å²) in [5.41, 5.74) is 7.80. The Hall–Kier alpha value is -3.21. The lowest BCUT2D eigenvalue weighted by atomic mass is 9.97. The number of benzene rings is 1. The molecule has 3 aromatic rings. The Labute approximate surface area is 196 Å². The van der Waals surface area contributed by atoms with E-state index in [4.69, 9.17) is 15.2 Å². The van der Waals surface area contributed by atoms with Gasteiger partial charge in [0, 0.05) is 41.9 Å². The third-order valence-corrected chi connectivity index (χ3v) is 6.50. The van der Waals surface area contributed by atoms with E-state index in [2.05, 4.69) is 20.6 Å². The maximum Gasteiger partial charge on any atom is 0.237 e. The van der Waals surface area contributed by atoms with Crippen molar-refractivity contribution in [2.24, 2.45) is 0 Å². The van der Waals surface area contributed by atoms with Crippen LogP contribution < -0.4 is 21.1 Å². The van der Waals surface area contributed by atoms with Crippen LogP contribution in [-0.2, 0) is 4.74 Å². The highest BCUT2D eigenvalue weighted by Gasteiger charge is 2.34. The minimum absolute atomic E-state index is 0.0159. The number of hydrogen-bond donors (Lipinski definition) is 5. The third-order valence-electron chi connectivity index (χ3n) is 6.50. The van der Waals surface area contributed by atoms with Crippen molar-refractivity contribution in [3.63, 3.8) is 0 Å². The second-order valence-electron chi connectivity index (χ2n) is 9.19. The number of ether oxygens (including phenoxy) is 2. The van der Waals surface area contributed by atoms with Crippen LogP contribution in [0.3, 0.4) is 0 Å². The van der Waals surface area contributed by atoms with Gasteiger partial charge in [0.2, 0.25) is 12.3 Å². The van der Waals surface area contributed by atoms with E-state index in [1.54, 1.807) is 25.3 Å². The number of aromatic nitrogens is 2. The van der Waals surface area contributed by atoms with Gasteiger partial charge in [-0.25, -0.2) is 14.4 Å². The van der Waals surface area contributed by atoms with E-state index in [-0.39, 0.29) is 11.8 Å². The molecule has 9 nitrogen and oxygen atoms in total. The summed E-state index contributed by atoms with van der Waals surface area (Å²) >= 11 is 0. The van der Waals surface area contributed by atoms with Gasteiger partial charge in [-0.2, -0.15) is 0 Å². The average Bonchev–Trinajstić information content (AvgIpc) is 3.14. The normalized spacial score (nSPS) is 22.7. The zero-order valence-corrected chi connectivity index (χ0v) is 19.1. The molecule has 5 rings (SSSR count). The molecule has 2 aromatic heterocycles. The van der Waals surface area contributed by atoms with Gasteiger partial charge in [-0.3, -0.25) is 0 Å². The molecule has 1 fully saturated rings. The lowest BCUT2D eigenvalue weighted by Gasteiger charge is -2.22. The van der Waals surface area contributed by atoms with Crippen LogP contribution in [0.1, 0.15) is 31.7 Å². The smallest absolute Gasteiger partial charge is 0.237 e. The Morgan fingerprint density at radius 1 is 1.32 bits per heavy atom. The van der Waals surface area contributed by atoms with Crippen LogP contribution in [0.2, 0.25) is 0 Å². The van der Waals surface area contributed by atoms with Crippen LogP contribution in [0.15, 0.2) is 24.5 Å². The van der Waals surface area contributed by atoms with Crippen molar-refractivity contribution >= 4 is 28.0 Å². The number of pyridine rings is 2. The van der Waals surface area contributed by atoms with Gasteiger partial charge >= 0.3 is 0 Å². The summed E-state index contributed by atoms with van der Waals surface area (Å²) in [6.07, 6.45) is 3.20. The first-order chi connectivity index (χ1) is 16.2. The Bertz CT molecular complexity index is 1250. The van der Waals surface area contributed by atoms with Crippen molar-refractivity contribution in [1.29, 1.82) is 0 Å². The molecule has 1 aromatic carbocycles. The number of halogens is 1. The van der Waals surface area contributed by atoms with Crippen molar-refractivity contribution in [2.75, 3.05) is 29.5 Å². The number of nitrogens with zero attached hydrogens (tertiary/aromatic N) is 2. The number of anilines is 3. The zero-order valence-electron chi connectivity index (χ0n) is 19.1. The van der Waals surface area contributed by atoms with Gasteiger partial charge in [0.25, 0.3) is 0 Å². The lowest BCUT2D eigenvalue weighted by molar-refractivity contribution is -0.120. The lowest BCUT2D eigenvalue weighted by Crippen LogP contribution is -2.29. The summed E-state index contributed by atoms with van der Waals surface area (Å²) < 4.78 is 26.5. The standard InChI is InChI=1S/C24H28FN5O4/c1-12-16(10-29-22-21(12)27-5-6-33-22)15-7-13-8-18(28-11-17(13)20(26)19(15)25)30-23(31)34-14-3-4-24(2,32)9-14/h7-8,10-11,14,23,27,31-32H,3-6,9,26H2,1-2H3,(H,28,30)/t14-,23?,24-/m1/s1. The van der Waals surface area contributed by atoms with E-state index >= 15 is 4.39 Å². The first-order valence-electron chi connectivity index (χ1n) is 11.3. The SMILES string of the molecule is Cc1c(-c2cc3cc(NC(O)O[C@@H]4CC[C@@](C)(O)C4)ncc3c(N)c2F)cnc2c1NCCO2. The van der Waals surface area contributed by atoms with Crippen LogP contribution >= 0.6 is 0 Å². The molecule has 1 aliphatic carbocycles. The number of hydrogen-bond acceptors (Lipinski definition) is 9. The summed E-state index contributed by atoms with van der Waals surface area (Å²) in [5.74, 6) is 0.292. The van der Waals surface area contributed by atoms with Gasteiger partial charge in [-0.1, -0.05) is 0 Å². The average molecular weight is 470 g/mol. The quantitative estimate of drug-likeness (QED) is 0.282. The Kier molecular flexibility index (Phi) is 5.67. The predicted molar refractivity (Wildman–Crippen MR) is 127 cm³/mol. The zero-order chi connectivity index (χ0) is 24.0. The van der Waals surface area contributed by atoms with Crippen molar-refractivity contribution in [2.45, 2.75) is 51.2 Å². The maximum absolute atomic E-state index is 15.3. The molecule has 6 N–H and O–H groups in total. The molecule has 0 spiro atoms. The highest BCUT2D eigenvalue weighted by Crippen LogP contribution is 2.39. The molecule has 2 aliphatic rings. The highest BCUT2D eigenvalue weighted by atomic mass is 19.1. The van der Waals surface area contributed by atoms with Gasteiger partial charge in [0.05, 0.1) is 17.4 Å². The van der Waals surface area contributed by atoms with Crippen molar-refractivity contribution in [3.8, 4) is 17.0 Å². The Morgan fingerprint density at radius 2 is 2.15 bits per heavy atom. The molecule has 34 heavy (non-hydrogen) atoms. The summed E-state index contributed by atoms with van der Waals surface area (Å²) in [7, 11) is 0. The number of nitrogens with one attached hydrogen (secondary N) is 2. The monoisotopic (exact) mass is 469 g/mol. The Balaban J connectivity index is 1.44. The molecule has 3 heterocycles. The molecule has 1 aliphatic heterocycles. The molecule has 0 amide bonds. The molecule has 180 valence electrons. The first kappa shape index (κ1) is 22.6. The fourth-order valence-electron chi connectivity index (χ4n) is 4.69. The van der Waals surface area contributed by atoms with Crippen molar-refractivity contribution in [1.82, 2.24) is 9.97 Å². The molecule has 0 radical (unpaired) electrons. The number of aliphatic hydroxyl groups excluding tert-OH is 1. The van der Waals surface area contributed by atoms with E-state index < -0.39 is 17.8 Å². The fourth-order valence-corrected chi connectivity index (χ4v) is 4.69. The molecule has 0 saturated heterocycles. The number of nitrogens with two attached hydrogens (primary N) is 1. The molecular formula is C24H28FN5O4. The summed E-state index contributed by atoms with van der Waals surface area (Å²) in [6, 6.07) is 3.37. The van der Waals surface area contributed by atoms with Gasteiger partial charge in [0.1, 0.15) is 18.1 Å². The van der Waals surface area contributed by atoms with Gasteiger partial charge < -0.3 is 36.1 Å². The van der Waals surface area contributed by atoms with Gasteiger partial charge in [-0.15, -0.1) is 0 Å². The molecular weight excluding hydrogens is 441 g/mol. The second kappa shape index (κ2) is 8.53. The second-order valence-corrected chi connectivity index (χ2v) is 9.19. The van der Waals surface area contributed by atoms with Crippen molar-refractivity contribution in [3.05, 3.63) is 35.9 Å². The topological polar surface area (TPSA) is 135 Å². The fraction of sp³-hybridized carbons (Fsp3) is 0.417. The first-order valence-corrected chi connectivity index (χ1v) is 11.3. The van der Waals surface area contributed by atoms with E-state index in [0.717, 1.165) is 11.3 Å². The molecule has 3 atom stereocenters. The molecule has 0 bridgehead atoms. The van der Waals surface area contributed by atoms with Gasteiger partial charge in [0.15, 0.2) is 5.82 Å². The number of rotatable bonds is 5. The van der Waals surface area contributed by atoms with Crippen LogP contribution in [-0.4, -0.2) is 51.5 Å².